The van der Waals surface area contributed by atoms with Crippen molar-refractivity contribution in [1.29, 1.82) is 0 Å². The first-order valence-corrected chi connectivity index (χ1v) is 6.50. The summed E-state index contributed by atoms with van der Waals surface area (Å²) in [6, 6.07) is 1.95. The molecule has 0 aliphatic heterocycles. The first-order valence-electron chi connectivity index (χ1n) is 6.50. The molecular formula is C13H20N6. The Morgan fingerprint density at radius 2 is 2.16 bits per heavy atom. The largest absolute Gasteiger partial charge is 0.364 e. The molecule has 0 bridgehead atoms. The lowest BCUT2D eigenvalue weighted by atomic mass is 10.4. The van der Waals surface area contributed by atoms with Gasteiger partial charge in [-0.1, -0.05) is 0 Å². The van der Waals surface area contributed by atoms with Crippen molar-refractivity contribution < 1.29 is 0 Å². The highest BCUT2D eigenvalue weighted by atomic mass is 15.2. The van der Waals surface area contributed by atoms with Gasteiger partial charge in [0.25, 0.3) is 0 Å². The summed E-state index contributed by atoms with van der Waals surface area (Å²) in [7, 11) is 2.01. The third kappa shape index (κ3) is 3.21. The molecule has 0 saturated heterocycles. The number of aryl methyl sites for hydroxylation is 1. The highest BCUT2D eigenvalue weighted by Gasteiger charge is 2.04. The molecule has 2 rings (SSSR count). The Labute approximate surface area is 113 Å². The van der Waals surface area contributed by atoms with Crippen LogP contribution in [-0.2, 0) is 13.1 Å². The lowest BCUT2D eigenvalue weighted by Crippen LogP contribution is -2.17. The normalized spacial score (nSPS) is 10.5. The molecule has 0 radical (unpaired) electrons. The van der Waals surface area contributed by atoms with E-state index in [1.165, 1.54) is 0 Å². The number of nitrogens with zero attached hydrogens (tertiary/aromatic N) is 5. The molecule has 19 heavy (non-hydrogen) atoms. The summed E-state index contributed by atoms with van der Waals surface area (Å²) in [5.74, 6) is 1.75. The summed E-state index contributed by atoms with van der Waals surface area (Å²) in [5.41, 5.74) is 1.14. The van der Waals surface area contributed by atoms with Crippen LogP contribution in [0.1, 0.15) is 19.5 Å². The van der Waals surface area contributed by atoms with Crippen LogP contribution in [-0.4, -0.2) is 33.1 Å². The van der Waals surface area contributed by atoms with E-state index in [0.717, 1.165) is 30.4 Å². The van der Waals surface area contributed by atoms with Gasteiger partial charge in [-0.3, -0.25) is 0 Å². The van der Waals surface area contributed by atoms with Crippen molar-refractivity contribution in [1.82, 2.24) is 19.5 Å². The van der Waals surface area contributed by atoms with Crippen LogP contribution in [0, 0.1) is 0 Å². The Hall–Kier alpha value is -2.11. The summed E-state index contributed by atoms with van der Waals surface area (Å²) in [6.07, 6.45) is 5.30. The van der Waals surface area contributed by atoms with Gasteiger partial charge in [0.1, 0.15) is 18.0 Å². The molecule has 2 aromatic rings. The van der Waals surface area contributed by atoms with E-state index in [4.69, 9.17) is 0 Å². The maximum Gasteiger partial charge on any atom is 0.133 e. The molecule has 0 spiro atoms. The zero-order valence-corrected chi connectivity index (χ0v) is 11.7. The zero-order chi connectivity index (χ0) is 13.7. The minimum Gasteiger partial charge on any atom is -0.364 e. The van der Waals surface area contributed by atoms with Gasteiger partial charge in [-0.2, -0.15) is 0 Å². The van der Waals surface area contributed by atoms with Crippen LogP contribution in [0.4, 0.5) is 11.6 Å². The number of nitrogens with one attached hydrogen (secondary N) is 1. The first kappa shape index (κ1) is 13.3. The van der Waals surface area contributed by atoms with Gasteiger partial charge in [-0.05, 0) is 13.8 Å². The van der Waals surface area contributed by atoms with E-state index >= 15 is 0 Å². The number of hydrogen-bond donors (Lipinski definition) is 1. The number of anilines is 2. The summed E-state index contributed by atoms with van der Waals surface area (Å²) in [4.78, 5) is 14.7. The van der Waals surface area contributed by atoms with Crippen LogP contribution >= 0.6 is 0 Å². The molecule has 2 heterocycles. The van der Waals surface area contributed by atoms with Gasteiger partial charge in [0.05, 0.1) is 18.6 Å². The second-order valence-corrected chi connectivity index (χ2v) is 4.30. The molecule has 0 unspecified atom stereocenters. The van der Waals surface area contributed by atoms with Crippen LogP contribution in [0.2, 0.25) is 0 Å². The Morgan fingerprint density at radius 3 is 2.89 bits per heavy atom. The van der Waals surface area contributed by atoms with Crippen LogP contribution in [0.25, 0.3) is 0 Å². The van der Waals surface area contributed by atoms with E-state index in [0.29, 0.717) is 6.54 Å². The average molecular weight is 260 g/mol. The van der Waals surface area contributed by atoms with Crippen molar-refractivity contribution in [2.45, 2.75) is 26.9 Å². The standard InChI is InChI=1S/C13H20N6/c1-4-18(3)13-6-12(16-9-17-13)15-8-11-7-14-10-19(11)5-2/h6-7,9-10H,4-5,8H2,1-3H3,(H,15,16,17). The van der Waals surface area contributed by atoms with E-state index in [9.17, 15) is 0 Å². The van der Waals surface area contributed by atoms with Crippen molar-refractivity contribution in [3.8, 4) is 0 Å². The summed E-state index contributed by atoms with van der Waals surface area (Å²) in [6.45, 7) is 6.74. The fraction of sp³-hybridized carbons (Fsp3) is 0.462. The van der Waals surface area contributed by atoms with E-state index in [1.807, 2.05) is 25.6 Å². The van der Waals surface area contributed by atoms with Crippen molar-refractivity contribution in [2.24, 2.45) is 0 Å². The molecule has 102 valence electrons. The maximum atomic E-state index is 4.25. The smallest absolute Gasteiger partial charge is 0.133 e. The first-order chi connectivity index (χ1) is 9.24. The SMILES string of the molecule is CCN(C)c1cc(NCc2cncn2CC)ncn1. The van der Waals surface area contributed by atoms with Gasteiger partial charge < -0.3 is 14.8 Å². The number of rotatable bonds is 6. The molecule has 0 atom stereocenters. The van der Waals surface area contributed by atoms with Crippen molar-refractivity contribution in [3.63, 3.8) is 0 Å². The monoisotopic (exact) mass is 260 g/mol. The second kappa shape index (κ2) is 6.17. The fourth-order valence-electron chi connectivity index (χ4n) is 1.78. The summed E-state index contributed by atoms with van der Waals surface area (Å²) < 4.78 is 2.10. The van der Waals surface area contributed by atoms with Crippen LogP contribution in [0.15, 0.2) is 24.9 Å². The molecule has 1 N–H and O–H groups in total. The van der Waals surface area contributed by atoms with E-state index < -0.39 is 0 Å². The van der Waals surface area contributed by atoms with Crippen molar-refractivity contribution in [3.05, 3.63) is 30.6 Å². The lowest BCUT2D eigenvalue weighted by Gasteiger charge is -2.16. The van der Waals surface area contributed by atoms with E-state index in [-0.39, 0.29) is 0 Å². The summed E-state index contributed by atoms with van der Waals surface area (Å²) in [5, 5.41) is 3.30. The molecule has 0 aromatic carbocycles. The van der Waals surface area contributed by atoms with Gasteiger partial charge in [-0.25, -0.2) is 15.0 Å². The minimum atomic E-state index is 0.708. The average Bonchev–Trinajstić information content (AvgIpc) is 2.92. The lowest BCUT2D eigenvalue weighted by molar-refractivity contribution is 0.719. The van der Waals surface area contributed by atoms with Crippen LogP contribution < -0.4 is 10.2 Å². The summed E-state index contributed by atoms with van der Waals surface area (Å²) >= 11 is 0. The van der Waals surface area contributed by atoms with Gasteiger partial charge >= 0.3 is 0 Å². The second-order valence-electron chi connectivity index (χ2n) is 4.30. The number of imidazole rings is 1. The third-order valence-corrected chi connectivity index (χ3v) is 3.11. The molecule has 0 aliphatic rings. The molecule has 6 nitrogen and oxygen atoms in total. The molecule has 2 aromatic heterocycles. The molecule has 0 aliphatic carbocycles. The molecular weight excluding hydrogens is 240 g/mol. The van der Waals surface area contributed by atoms with Crippen LogP contribution in [0.5, 0.6) is 0 Å². The fourth-order valence-corrected chi connectivity index (χ4v) is 1.78. The Balaban J connectivity index is 2.03. The predicted octanol–water partition coefficient (Wildman–Crippen LogP) is 1.76. The van der Waals surface area contributed by atoms with Gasteiger partial charge in [0.2, 0.25) is 0 Å². The molecule has 0 amide bonds. The van der Waals surface area contributed by atoms with Gasteiger partial charge in [-0.15, -0.1) is 0 Å². The number of hydrogen-bond acceptors (Lipinski definition) is 5. The number of aromatic nitrogens is 4. The maximum absolute atomic E-state index is 4.25. The molecule has 6 heteroatoms. The van der Waals surface area contributed by atoms with Crippen LogP contribution in [0.3, 0.4) is 0 Å². The Bertz CT molecular complexity index is 521. The highest BCUT2D eigenvalue weighted by molar-refractivity contribution is 5.47. The Morgan fingerprint density at radius 1 is 1.32 bits per heavy atom. The third-order valence-electron chi connectivity index (χ3n) is 3.11. The topological polar surface area (TPSA) is 58.9 Å². The van der Waals surface area contributed by atoms with Gasteiger partial charge in [0.15, 0.2) is 0 Å². The van der Waals surface area contributed by atoms with E-state index in [1.54, 1.807) is 6.33 Å². The van der Waals surface area contributed by atoms with Crippen molar-refractivity contribution in [2.75, 3.05) is 23.8 Å². The van der Waals surface area contributed by atoms with Gasteiger partial charge in [0, 0.05) is 32.4 Å². The Kier molecular flexibility index (Phi) is 4.33. The minimum absolute atomic E-state index is 0.708. The van der Waals surface area contributed by atoms with E-state index in [2.05, 4.69) is 43.6 Å². The van der Waals surface area contributed by atoms with Crippen molar-refractivity contribution >= 4 is 11.6 Å². The predicted molar refractivity (Wildman–Crippen MR) is 76.2 cm³/mol. The quantitative estimate of drug-likeness (QED) is 0.857. The highest BCUT2D eigenvalue weighted by Crippen LogP contribution is 2.13. The zero-order valence-electron chi connectivity index (χ0n) is 11.7. The molecule has 0 saturated carbocycles. The molecule has 0 fully saturated rings.